The Morgan fingerprint density at radius 1 is 1.30 bits per heavy atom. The largest absolute Gasteiger partial charge is 0.468 e. The molecule has 2 rings (SSSR count). The third-order valence-corrected chi connectivity index (χ3v) is 4.76. The molecule has 0 unspecified atom stereocenters. The van der Waals surface area contributed by atoms with Gasteiger partial charge in [0.25, 0.3) is 0 Å². The van der Waals surface area contributed by atoms with Crippen LogP contribution < -0.4 is 5.32 Å². The predicted molar refractivity (Wildman–Crippen MR) is 83.6 cm³/mol. The molecular formula is C17H30N2O. The number of hydrogen-bond donors (Lipinski definition) is 1. The van der Waals surface area contributed by atoms with E-state index in [4.69, 9.17) is 4.42 Å². The first-order valence-corrected chi connectivity index (χ1v) is 8.14. The fourth-order valence-electron chi connectivity index (χ4n) is 2.84. The van der Waals surface area contributed by atoms with Gasteiger partial charge in [-0.3, -0.25) is 4.90 Å². The Balaban J connectivity index is 1.77. The second-order valence-electron chi connectivity index (χ2n) is 6.54. The summed E-state index contributed by atoms with van der Waals surface area (Å²) in [5.41, 5.74) is 1.83. The quantitative estimate of drug-likeness (QED) is 0.769. The molecular weight excluding hydrogens is 248 g/mol. The molecule has 0 radical (unpaired) electrons. The third kappa shape index (κ3) is 4.35. The van der Waals surface area contributed by atoms with Gasteiger partial charge in [0.05, 0.1) is 12.8 Å². The summed E-state index contributed by atoms with van der Waals surface area (Å²) in [7, 11) is 0. The minimum Gasteiger partial charge on any atom is -0.468 e. The van der Waals surface area contributed by atoms with Gasteiger partial charge in [-0.15, -0.1) is 0 Å². The van der Waals surface area contributed by atoms with Gasteiger partial charge in [-0.1, -0.05) is 27.2 Å². The molecule has 20 heavy (non-hydrogen) atoms. The number of piperidine rings is 1. The highest BCUT2D eigenvalue weighted by Gasteiger charge is 2.28. The molecule has 0 saturated carbocycles. The van der Waals surface area contributed by atoms with Crippen LogP contribution >= 0.6 is 0 Å². The second-order valence-corrected chi connectivity index (χ2v) is 6.54. The molecule has 0 aromatic carbocycles. The number of furan rings is 1. The van der Waals surface area contributed by atoms with Crippen LogP contribution in [0.4, 0.5) is 0 Å². The summed E-state index contributed by atoms with van der Waals surface area (Å²) in [6.45, 7) is 12.3. The lowest BCUT2D eigenvalue weighted by molar-refractivity contribution is 0.104. The summed E-state index contributed by atoms with van der Waals surface area (Å²) >= 11 is 0. The van der Waals surface area contributed by atoms with Crippen molar-refractivity contribution in [2.45, 2.75) is 59.5 Å². The van der Waals surface area contributed by atoms with Crippen molar-refractivity contribution in [3.05, 3.63) is 23.7 Å². The molecule has 1 N–H and O–H groups in total. The van der Waals surface area contributed by atoms with Crippen molar-refractivity contribution in [2.24, 2.45) is 5.41 Å². The molecule has 1 fully saturated rings. The first-order valence-electron chi connectivity index (χ1n) is 8.14. The zero-order chi connectivity index (χ0) is 14.4. The van der Waals surface area contributed by atoms with Crippen molar-refractivity contribution >= 4 is 0 Å². The van der Waals surface area contributed by atoms with Crippen LogP contribution in [0, 0.1) is 5.41 Å². The zero-order valence-corrected chi connectivity index (χ0v) is 13.4. The van der Waals surface area contributed by atoms with Crippen LogP contribution in [-0.2, 0) is 13.1 Å². The van der Waals surface area contributed by atoms with Crippen molar-refractivity contribution in [1.82, 2.24) is 10.2 Å². The highest BCUT2D eigenvalue weighted by Crippen LogP contribution is 2.34. The van der Waals surface area contributed by atoms with E-state index in [1.165, 1.54) is 44.3 Å². The highest BCUT2D eigenvalue weighted by atomic mass is 16.3. The highest BCUT2D eigenvalue weighted by molar-refractivity contribution is 5.12. The maximum Gasteiger partial charge on any atom is 0.118 e. The number of hydrogen-bond acceptors (Lipinski definition) is 3. The molecule has 0 spiro atoms. The van der Waals surface area contributed by atoms with Gasteiger partial charge >= 0.3 is 0 Å². The van der Waals surface area contributed by atoms with Crippen molar-refractivity contribution < 1.29 is 4.42 Å². The van der Waals surface area contributed by atoms with Crippen LogP contribution in [0.15, 0.2) is 16.7 Å². The van der Waals surface area contributed by atoms with E-state index in [1.54, 1.807) is 0 Å². The van der Waals surface area contributed by atoms with Crippen LogP contribution in [0.5, 0.6) is 0 Å². The molecule has 114 valence electrons. The average Bonchev–Trinajstić information content (AvgIpc) is 2.90. The molecule has 1 aromatic heterocycles. The van der Waals surface area contributed by atoms with Crippen molar-refractivity contribution in [3.63, 3.8) is 0 Å². The van der Waals surface area contributed by atoms with Crippen molar-refractivity contribution in [1.29, 1.82) is 0 Å². The van der Waals surface area contributed by atoms with Gasteiger partial charge in [-0.25, -0.2) is 0 Å². The summed E-state index contributed by atoms with van der Waals surface area (Å²) in [4.78, 5) is 2.53. The van der Waals surface area contributed by atoms with Crippen LogP contribution in [0.2, 0.25) is 0 Å². The van der Waals surface area contributed by atoms with E-state index in [0.717, 1.165) is 25.4 Å². The zero-order valence-electron chi connectivity index (χ0n) is 13.4. The van der Waals surface area contributed by atoms with E-state index in [1.807, 2.05) is 6.26 Å². The van der Waals surface area contributed by atoms with E-state index in [9.17, 15) is 0 Å². The molecule has 0 bridgehead atoms. The third-order valence-electron chi connectivity index (χ3n) is 4.76. The van der Waals surface area contributed by atoms with E-state index >= 15 is 0 Å². The normalized spacial score (nSPS) is 19.4. The summed E-state index contributed by atoms with van der Waals surface area (Å²) in [5.74, 6) is 1.11. The van der Waals surface area contributed by atoms with Gasteiger partial charge in [-0.2, -0.15) is 0 Å². The fourth-order valence-corrected chi connectivity index (χ4v) is 2.84. The second kappa shape index (κ2) is 7.28. The van der Waals surface area contributed by atoms with Crippen LogP contribution in [0.25, 0.3) is 0 Å². The maximum atomic E-state index is 5.69. The Labute approximate surface area is 123 Å². The van der Waals surface area contributed by atoms with Gasteiger partial charge in [-0.05, 0) is 50.4 Å². The molecule has 0 amide bonds. The molecule has 2 heterocycles. The van der Waals surface area contributed by atoms with Crippen molar-refractivity contribution in [2.75, 3.05) is 19.6 Å². The van der Waals surface area contributed by atoms with Gasteiger partial charge in [0.15, 0.2) is 0 Å². The maximum absolute atomic E-state index is 5.69. The number of nitrogens with zero attached hydrogens (tertiary/aromatic N) is 1. The average molecular weight is 278 g/mol. The Hall–Kier alpha value is -0.800. The molecule has 0 atom stereocenters. The Morgan fingerprint density at radius 2 is 2.05 bits per heavy atom. The molecule has 1 aromatic rings. The van der Waals surface area contributed by atoms with Crippen LogP contribution in [0.1, 0.15) is 57.8 Å². The lowest BCUT2D eigenvalue weighted by atomic mass is 9.78. The van der Waals surface area contributed by atoms with E-state index < -0.39 is 0 Å². The molecule has 3 heteroatoms. The van der Waals surface area contributed by atoms with Crippen LogP contribution in [0.3, 0.4) is 0 Å². The minimum absolute atomic E-state index is 0.564. The first-order chi connectivity index (χ1) is 9.65. The smallest absolute Gasteiger partial charge is 0.118 e. The molecule has 1 aliphatic rings. The fraction of sp³-hybridized carbons (Fsp3) is 0.765. The number of rotatable bonds is 7. The molecule has 3 nitrogen and oxygen atoms in total. The molecule has 0 aliphatic carbocycles. The van der Waals surface area contributed by atoms with Gasteiger partial charge in [0, 0.05) is 12.1 Å². The van der Waals surface area contributed by atoms with Gasteiger partial charge < -0.3 is 9.73 Å². The predicted octanol–water partition coefficient (Wildman–Crippen LogP) is 3.79. The standard InChI is InChI=1S/C17H30N2O/c1-4-8-18-12-15-11-16(20-14-15)13-19-9-6-17(3,5-2)7-10-19/h11,14,18H,4-10,12-13H2,1-3H3. The topological polar surface area (TPSA) is 28.4 Å². The van der Waals surface area contributed by atoms with E-state index in [-0.39, 0.29) is 0 Å². The number of likely N-dealkylation sites (tertiary alicyclic amines) is 1. The van der Waals surface area contributed by atoms with Crippen LogP contribution in [-0.4, -0.2) is 24.5 Å². The van der Waals surface area contributed by atoms with Gasteiger partial charge in [0.2, 0.25) is 0 Å². The summed E-state index contributed by atoms with van der Waals surface area (Å²) < 4.78 is 5.69. The summed E-state index contributed by atoms with van der Waals surface area (Å²) in [6.07, 6.45) is 7.01. The first kappa shape index (κ1) is 15.6. The Morgan fingerprint density at radius 3 is 2.70 bits per heavy atom. The molecule has 1 saturated heterocycles. The molecule has 1 aliphatic heterocycles. The van der Waals surface area contributed by atoms with E-state index in [2.05, 4.69) is 37.1 Å². The lowest BCUT2D eigenvalue weighted by Gasteiger charge is -2.38. The monoisotopic (exact) mass is 278 g/mol. The number of nitrogens with one attached hydrogen (secondary N) is 1. The van der Waals surface area contributed by atoms with Crippen molar-refractivity contribution in [3.8, 4) is 0 Å². The summed E-state index contributed by atoms with van der Waals surface area (Å²) in [5, 5.41) is 3.41. The SMILES string of the molecule is CCCNCc1coc(CN2CCC(C)(CC)CC2)c1. The van der Waals surface area contributed by atoms with Gasteiger partial charge in [0.1, 0.15) is 5.76 Å². The Bertz CT molecular complexity index is 391. The van der Waals surface area contributed by atoms with E-state index in [0.29, 0.717) is 5.41 Å². The minimum atomic E-state index is 0.564. The summed E-state index contributed by atoms with van der Waals surface area (Å²) in [6, 6.07) is 2.20. The Kier molecular flexibility index (Phi) is 5.67. The lowest BCUT2D eigenvalue weighted by Crippen LogP contribution is -2.37.